The number of nitrogens with one attached hydrogen (secondary N) is 1. The monoisotopic (exact) mass is 184 g/mol. The number of hydrogen-bond acceptors (Lipinski definition) is 1. The molecule has 1 N–H and O–H groups in total. The molecule has 0 fully saturated rings. The predicted octanol–water partition coefficient (Wildman–Crippen LogP) is 1.38. The fraction of sp³-hybridized carbons (Fsp3) is 0.143. The second-order valence-electron chi connectivity index (χ2n) is 2.31. The number of rotatable bonds is 0. The van der Waals surface area contributed by atoms with Crippen molar-refractivity contribution in [2.24, 2.45) is 4.99 Å². The van der Waals surface area contributed by atoms with E-state index >= 15 is 0 Å². The molecule has 1 aliphatic carbocycles. The predicted molar refractivity (Wildman–Crippen MR) is 50.0 cm³/mol. The Kier molecular flexibility index (Phi) is 1.55. The maximum absolute atomic E-state index is 5.83. The van der Waals surface area contributed by atoms with Gasteiger partial charge in [0.25, 0.3) is 0 Å². The van der Waals surface area contributed by atoms with E-state index < -0.39 is 0 Å². The molecule has 4 heteroatoms. The third-order valence-corrected chi connectivity index (χ3v) is 1.97. The molecule has 1 aliphatic heterocycles. The minimum atomic E-state index is -0.0441. The quantitative estimate of drug-likeness (QED) is 0.455. The zero-order valence-electron chi connectivity index (χ0n) is 5.54. The number of nitrogens with zero attached hydrogens (tertiary/aromatic N) is 1. The van der Waals surface area contributed by atoms with Gasteiger partial charge in [-0.25, -0.2) is 4.99 Å². The third kappa shape index (κ3) is 1.21. The highest BCUT2D eigenvalue weighted by atomic mass is 35.5. The van der Waals surface area contributed by atoms with Gasteiger partial charge in [-0.15, -0.1) is 11.6 Å². The molecule has 0 aromatic heterocycles. The first-order valence-corrected chi connectivity index (χ1v) is 4.04. The summed E-state index contributed by atoms with van der Waals surface area (Å²) in [5.41, 5.74) is 1.81. The van der Waals surface area contributed by atoms with Crippen LogP contribution in [0.3, 0.4) is 0 Å². The summed E-state index contributed by atoms with van der Waals surface area (Å²) < 4.78 is 0. The van der Waals surface area contributed by atoms with Crippen molar-refractivity contribution in [1.82, 2.24) is 5.32 Å². The summed E-state index contributed by atoms with van der Waals surface area (Å²) in [5, 5.41) is 3.41. The van der Waals surface area contributed by atoms with Crippen molar-refractivity contribution in [3.8, 4) is 0 Å². The van der Waals surface area contributed by atoms with E-state index in [4.69, 9.17) is 23.8 Å². The van der Waals surface area contributed by atoms with E-state index in [2.05, 4.69) is 10.3 Å². The van der Waals surface area contributed by atoms with Gasteiger partial charge in [0.05, 0.1) is 16.8 Å². The minimum absolute atomic E-state index is 0.0441. The van der Waals surface area contributed by atoms with Gasteiger partial charge in [0.1, 0.15) is 0 Å². The maximum atomic E-state index is 5.83. The smallest absolute Gasteiger partial charge is 0.197 e. The second kappa shape index (κ2) is 2.43. The zero-order chi connectivity index (χ0) is 7.84. The average molecular weight is 185 g/mol. The fourth-order valence-electron chi connectivity index (χ4n) is 1.03. The highest BCUT2D eigenvalue weighted by Crippen LogP contribution is 2.15. The lowest BCUT2D eigenvalue weighted by Gasteiger charge is -2.06. The number of fused-ring (bicyclic) bond motifs is 1. The lowest BCUT2D eigenvalue weighted by molar-refractivity contribution is 1.21. The van der Waals surface area contributed by atoms with Crippen molar-refractivity contribution in [3.63, 3.8) is 0 Å². The van der Waals surface area contributed by atoms with Crippen LogP contribution in [0.15, 0.2) is 28.9 Å². The summed E-state index contributed by atoms with van der Waals surface area (Å²) in [4.78, 5) is 4.07. The van der Waals surface area contributed by atoms with Gasteiger partial charge in [0.2, 0.25) is 0 Å². The maximum Gasteiger partial charge on any atom is 0.197 e. The van der Waals surface area contributed by atoms with Gasteiger partial charge in [-0.3, -0.25) is 0 Å². The minimum Gasteiger partial charge on any atom is -0.329 e. The van der Waals surface area contributed by atoms with Crippen molar-refractivity contribution >= 4 is 34.6 Å². The van der Waals surface area contributed by atoms with E-state index in [1.807, 2.05) is 18.2 Å². The van der Waals surface area contributed by atoms with Crippen LogP contribution in [-0.2, 0) is 0 Å². The van der Waals surface area contributed by atoms with Gasteiger partial charge in [0.15, 0.2) is 5.11 Å². The molecule has 2 rings (SSSR count). The lowest BCUT2D eigenvalue weighted by Crippen LogP contribution is -2.17. The van der Waals surface area contributed by atoms with Crippen LogP contribution in [0.2, 0.25) is 0 Å². The molecular formula is C7H5ClN2S. The van der Waals surface area contributed by atoms with Gasteiger partial charge < -0.3 is 5.32 Å². The summed E-state index contributed by atoms with van der Waals surface area (Å²) in [5.74, 6) is 0. The summed E-state index contributed by atoms with van der Waals surface area (Å²) in [6, 6.07) is 0. The molecule has 2 nitrogen and oxygen atoms in total. The summed E-state index contributed by atoms with van der Waals surface area (Å²) in [6.07, 6.45) is 5.64. The highest BCUT2D eigenvalue weighted by molar-refractivity contribution is 7.80. The van der Waals surface area contributed by atoms with E-state index in [9.17, 15) is 0 Å². The molecule has 1 unspecified atom stereocenters. The van der Waals surface area contributed by atoms with Crippen molar-refractivity contribution in [2.45, 2.75) is 5.38 Å². The Morgan fingerprint density at radius 1 is 1.64 bits per heavy atom. The Labute approximate surface area is 74.6 Å². The van der Waals surface area contributed by atoms with E-state index in [1.165, 1.54) is 0 Å². The molecule has 0 radical (unpaired) electrons. The van der Waals surface area contributed by atoms with Crippen LogP contribution in [0.5, 0.6) is 0 Å². The molecule has 1 atom stereocenters. The first kappa shape index (κ1) is 7.00. The van der Waals surface area contributed by atoms with E-state index in [-0.39, 0.29) is 5.38 Å². The molecule has 0 saturated carbocycles. The lowest BCUT2D eigenvalue weighted by atomic mass is 10.1. The van der Waals surface area contributed by atoms with Gasteiger partial charge in [-0.05, 0) is 24.4 Å². The highest BCUT2D eigenvalue weighted by Gasteiger charge is 2.18. The average Bonchev–Trinajstić information content (AvgIpc) is 2.27. The van der Waals surface area contributed by atoms with Crippen LogP contribution < -0.4 is 5.32 Å². The third-order valence-electron chi connectivity index (χ3n) is 1.50. The number of hydrogen-bond donors (Lipinski definition) is 1. The van der Waals surface area contributed by atoms with Gasteiger partial charge in [0, 0.05) is 0 Å². The SMILES string of the molecule is S=C1N=C2C=CC(Cl)C=C2N1. The Hall–Kier alpha value is -0.670. The molecule has 0 saturated heterocycles. The zero-order valence-corrected chi connectivity index (χ0v) is 7.12. The van der Waals surface area contributed by atoms with Crippen LogP contribution in [-0.4, -0.2) is 16.2 Å². The van der Waals surface area contributed by atoms with Crippen molar-refractivity contribution in [3.05, 3.63) is 23.9 Å². The van der Waals surface area contributed by atoms with Gasteiger partial charge >= 0.3 is 0 Å². The number of alkyl halides is 1. The summed E-state index contributed by atoms with van der Waals surface area (Å²) >= 11 is 10.7. The molecule has 0 spiro atoms. The number of halogens is 1. The Balaban J connectivity index is 2.39. The molecule has 2 aliphatic rings. The molecule has 56 valence electrons. The molecule has 1 heterocycles. The largest absolute Gasteiger partial charge is 0.329 e. The summed E-state index contributed by atoms with van der Waals surface area (Å²) in [6.45, 7) is 0. The molecule has 0 aromatic carbocycles. The molecule has 11 heavy (non-hydrogen) atoms. The van der Waals surface area contributed by atoms with Gasteiger partial charge in [-0.2, -0.15) is 0 Å². The molecule has 0 amide bonds. The number of aliphatic imine (C=N–C) groups is 1. The standard InChI is InChI=1S/C7H5ClN2S/c8-4-1-2-5-6(3-4)10-7(11)9-5/h1-4H,(H,10,11). The van der Waals surface area contributed by atoms with Crippen molar-refractivity contribution in [1.29, 1.82) is 0 Å². The molecule has 0 aromatic rings. The number of allylic oxidation sites excluding steroid dienone is 3. The first-order valence-electron chi connectivity index (χ1n) is 3.20. The van der Waals surface area contributed by atoms with Gasteiger partial charge in [-0.1, -0.05) is 6.08 Å². The second-order valence-corrected chi connectivity index (χ2v) is 3.20. The van der Waals surface area contributed by atoms with Crippen LogP contribution in [0, 0.1) is 0 Å². The summed E-state index contributed by atoms with van der Waals surface area (Å²) in [7, 11) is 0. The van der Waals surface area contributed by atoms with E-state index in [0.29, 0.717) is 5.11 Å². The normalized spacial score (nSPS) is 27.4. The van der Waals surface area contributed by atoms with Crippen molar-refractivity contribution in [2.75, 3.05) is 0 Å². The number of thiocarbonyl (C=S) groups is 1. The topological polar surface area (TPSA) is 24.4 Å². The van der Waals surface area contributed by atoms with E-state index in [0.717, 1.165) is 11.4 Å². The van der Waals surface area contributed by atoms with Crippen LogP contribution in [0.25, 0.3) is 0 Å². The van der Waals surface area contributed by atoms with Crippen LogP contribution >= 0.6 is 23.8 Å². The van der Waals surface area contributed by atoms with Crippen molar-refractivity contribution < 1.29 is 0 Å². The Bertz CT molecular complexity index is 304. The Morgan fingerprint density at radius 3 is 3.27 bits per heavy atom. The first-order chi connectivity index (χ1) is 5.25. The molecular weight excluding hydrogens is 180 g/mol. The van der Waals surface area contributed by atoms with Crippen LogP contribution in [0.1, 0.15) is 0 Å². The Morgan fingerprint density at radius 2 is 2.45 bits per heavy atom. The molecule has 0 bridgehead atoms. The fourth-order valence-corrected chi connectivity index (χ4v) is 1.44. The van der Waals surface area contributed by atoms with E-state index in [1.54, 1.807) is 0 Å². The van der Waals surface area contributed by atoms with Crippen LogP contribution in [0.4, 0.5) is 0 Å².